The predicted octanol–water partition coefficient (Wildman–Crippen LogP) is 0.508. The fraction of sp³-hybridized carbons (Fsp3) is 1.00. The summed E-state index contributed by atoms with van der Waals surface area (Å²) in [6.45, 7) is 0. The molecule has 0 aromatic rings. The molecule has 0 radical (unpaired) electrons. The third kappa shape index (κ3) is 100.0. The van der Waals surface area contributed by atoms with Crippen LogP contribution in [0, 0.1) is 0 Å². The first-order valence-electron chi connectivity index (χ1n) is 2.06. The van der Waals surface area contributed by atoms with E-state index in [1.54, 1.807) is 12.1 Å². The third-order valence-electron chi connectivity index (χ3n) is 0.400. The molecular weight excluding hydrogens is 377 g/mol. The van der Waals surface area contributed by atoms with Crippen LogP contribution in [0.5, 0.6) is 0 Å². The van der Waals surface area contributed by atoms with E-state index in [1.807, 2.05) is 14.1 Å². The van der Waals surface area contributed by atoms with E-state index < -0.39 is 8.36 Å². The molecule has 0 rings (SSSR count). The van der Waals surface area contributed by atoms with Gasteiger partial charge in [0.1, 0.15) is 0 Å². The quantitative estimate of drug-likeness (QED) is 0.614. The van der Waals surface area contributed by atoms with Crippen LogP contribution in [0.2, 0.25) is 0 Å². The summed E-state index contributed by atoms with van der Waals surface area (Å²) in [4.78, 5) is 0. The molecule has 0 atom stereocenters. The van der Waals surface area contributed by atoms with Gasteiger partial charge >= 0.3 is 53.6 Å². The van der Waals surface area contributed by atoms with Gasteiger partial charge < -0.3 is 16.6 Å². The molecule has 0 saturated carbocycles. The molecule has 0 bridgehead atoms. The molecule has 0 heterocycles. The van der Waals surface area contributed by atoms with Gasteiger partial charge in [-0.15, -0.1) is 0 Å². The van der Waals surface area contributed by atoms with Crippen molar-refractivity contribution in [2.45, 2.75) is 0 Å². The molecule has 0 amide bonds. The first-order chi connectivity index (χ1) is 4.00. The molecule has 2 N–H and O–H groups in total. The van der Waals surface area contributed by atoms with Gasteiger partial charge in [0.25, 0.3) is 0 Å². The summed E-state index contributed by atoms with van der Waals surface area (Å²) in [5.41, 5.74) is 3.72. The Morgan fingerprint density at radius 3 is 1.45 bits per heavy atom. The number of hydrogen-bond acceptors (Lipinski definition) is 3. The average molecular weight is 388 g/mol. The van der Waals surface area contributed by atoms with E-state index in [9.17, 15) is 0 Å². The molecule has 67 valence electrons. The van der Waals surface area contributed by atoms with Gasteiger partial charge in [-0.3, -0.25) is 0 Å². The van der Waals surface area contributed by atoms with Gasteiger partial charge in [0.2, 0.25) is 0 Å². The molecule has 0 aliphatic carbocycles. The van der Waals surface area contributed by atoms with E-state index >= 15 is 0 Å². The van der Waals surface area contributed by atoms with Crippen molar-refractivity contribution >= 4 is 8.36 Å². The average Bonchev–Trinajstić information content (AvgIpc) is 1.65. The second-order valence-corrected chi connectivity index (χ2v) is 3.10. The predicted molar refractivity (Wildman–Crippen MR) is 37.2 cm³/mol. The third-order valence-corrected chi connectivity index (χ3v) is 0.400. The normalized spacial score (nSPS) is 6.45. The van der Waals surface area contributed by atoms with Crippen molar-refractivity contribution in [2.75, 3.05) is 21.1 Å². The van der Waals surface area contributed by atoms with Gasteiger partial charge in [-0.1, -0.05) is 0 Å². The Morgan fingerprint density at radius 2 is 1.45 bits per heavy atom. The van der Waals surface area contributed by atoms with Crippen LogP contribution in [-0.2, 0) is 45.1 Å². The van der Waals surface area contributed by atoms with Crippen molar-refractivity contribution in [3.63, 3.8) is 0 Å². The number of hydrogen-bond donors (Lipinski definition) is 0. The maximum absolute atomic E-state index is 8.97. The van der Waals surface area contributed by atoms with E-state index in [-0.39, 0.29) is 27.2 Å². The van der Waals surface area contributed by atoms with Crippen LogP contribution < -0.4 is 0 Å². The molecule has 0 aromatic heterocycles. The van der Waals surface area contributed by atoms with Gasteiger partial charge in [0.15, 0.2) is 0 Å². The molecule has 0 aliphatic rings. The van der Waals surface area contributed by atoms with E-state index in [1.165, 1.54) is 15.7 Å². The first-order valence-corrected chi connectivity index (χ1v) is 4.80. The molecule has 0 aliphatic heterocycles. The Hall–Kier alpha value is 0.973. The Bertz CT molecular complexity index is 138. The summed E-state index contributed by atoms with van der Waals surface area (Å²) in [5, 5.41) is 1.75. The summed E-state index contributed by atoms with van der Waals surface area (Å²) in [6.07, 6.45) is 0. The van der Waals surface area contributed by atoms with Crippen LogP contribution in [0.25, 0.3) is 11.6 Å². The number of rotatable bonds is 1. The van der Waals surface area contributed by atoms with Crippen LogP contribution in [0.1, 0.15) is 0 Å². The second kappa shape index (κ2) is 17.2. The van der Waals surface area contributed by atoms with Crippen LogP contribution in [-0.4, -0.2) is 34.6 Å². The minimum absolute atomic E-state index is 0. The largest absolute Gasteiger partial charge is 2.00 e. The van der Waals surface area contributed by atoms with E-state index in [4.69, 9.17) is 8.42 Å². The van der Waals surface area contributed by atoms with E-state index in [0.29, 0.717) is 0 Å². The van der Waals surface area contributed by atoms with Gasteiger partial charge in [0.05, 0.1) is 0 Å². The Kier molecular flexibility index (Phi) is 35.4. The summed E-state index contributed by atoms with van der Waals surface area (Å²) in [7, 11) is 3.60. The molecule has 0 unspecified atom stereocenters. The monoisotopic (exact) mass is 388 g/mol. The number of nitrogens with two attached hydrogens (primary N) is 1. The Labute approximate surface area is 90.9 Å². The zero-order valence-corrected chi connectivity index (χ0v) is 11.7. The van der Waals surface area contributed by atoms with Crippen LogP contribution >= 0.6 is 0 Å². The minimum atomic E-state index is -1.92. The minimum Gasteiger partial charge on any atom is -0.693 e. The van der Waals surface area contributed by atoms with Crippen LogP contribution in [0.4, 0.5) is 0 Å². The van der Waals surface area contributed by atoms with Gasteiger partial charge in [-0.05, 0) is 14.1 Å². The first kappa shape index (κ1) is 22.7. The van der Waals surface area contributed by atoms with Crippen molar-refractivity contribution < 1.29 is 45.2 Å². The Morgan fingerprint density at radius 1 is 1.36 bits per heavy atom. The fourth-order valence-corrected chi connectivity index (χ4v) is 0. The molecule has 0 spiro atoms. The molecule has 0 fully saturated rings. The smallest absolute Gasteiger partial charge is 0.693 e. The summed E-state index contributed by atoms with van der Waals surface area (Å²) >= 11 is 1.45. The second-order valence-electron chi connectivity index (χ2n) is 1.26. The van der Waals surface area contributed by atoms with Crippen molar-refractivity contribution in [1.29, 1.82) is 0 Å². The molecule has 0 aromatic carbocycles. The summed E-state index contributed by atoms with van der Waals surface area (Å²) in [6, 6.07) is 0. The SMILES string of the molecule is C[N-]N(C)C.O=[S](=O)=[V].[NH2-].[W+2]. The zero-order chi connectivity index (χ0) is 7.86. The molecule has 8 heteroatoms. The topological polar surface area (TPSA) is 85.0 Å². The number of nitrogens with zero attached hydrogens (tertiary/aromatic N) is 2. The molecular formula is C3H11N3O2SVW. The van der Waals surface area contributed by atoms with Crippen molar-refractivity contribution in [1.82, 2.24) is 5.01 Å². The molecule has 5 nitrogen and oxygen atoms in total. The van der Waals surface area contributed by atoms with Gasteiger partial charge in [-0.2, -0.15) is 7.05 Å². The maximum atomic E-state index is 8.97. The molecule has 11 heavy (non-hydrogen) atoms. The van der Waals surface area contributed by atoms with Crippen LogP contribution in [0.3, 0.4) is 0 Å². The summed E-state index contributed by atoms with van der Waals surface area (Å²) < 4.78 is 17.9. The maximum Gasteiger partial charge on any atom is 2.00 e. The van der Waals surface area contributed by atoms with Crippen molar-refractivity contribution in [3.05, 3.63) is 11.6 Å². The van der Waals surface area contributed by atoms with Crippen molar-refractivity contribution in [2.24, 2.45) is 0 Å². The fourth-order valence-electron chi connectivity index (χ4n) is 0. The van der Waals surface area contributed by atoms with E-state index in [2.05, 4.69) is 5.43 Å². The van der Waals surface area contributed by atoms with Gasteiger partial charge in [-0.25, -0.2) is 0 Å². The Balaban J connectivity index is -0.0000000383. The molecule has 0 saturated heterocycles. The summed E-state index contributed by atoms with van der Waals surface area (Å²) in [5.74, 6) is 0. The van der Waals surface area contributed by atoms with E-state index in [0.717, 1.165) is 0 Å². The zero-order valence-electron chi connectivity index (χ0n) is 6.55. The van der Waals surface area contributed by atoms with Crippen molar-refractivity contribution in [3.8, 4) is 0 Å². The van der Waals surface area contributed by atoms with Gasteiger partial charge in [0, 0.05) is 0 Å². The standard InChI is InChI=1S/C3H9N2.H2N.O2S.V.W/c1-4-5(2)3;;1-3-2;;/h1-3H3;1H2;;;/q2*-1;;;+2. The van der Waals surface area contributed by atoms with Crippen LogP contribution in [0.15, 0.2) is 0 Å².